The van der Waals surface area contributed by atoms with Crippen LogP contribution in [0.2, 0.25) is 0 Å². The van der Waals surface area contributed by atoms with Crippen molar-refractivity contribution in [1.29, 1.82) is 0 Å². The highest BCUT2D eigenvalue weighted by Gasteiger charge is 2.18. The third kappa shape index (κ3) is 4.11. The van der Waals surface area contributed by atoms with Crippen LogP contribution in [0.4, 0.5) is 5.95 Å². The van der Waals surface area contributed by atoms with E-state index in [0.717, 1.165) is 37.7 Å². The summed E-state index contributed by atoms with van der Waals surface area (Å²) in [5, 5.41) is 3.78. The van der Waals surface area contributed by atoms with E-state index >= 15 is 0 Å². The molecule has 0 aliphatic rings. The third-order valence-electron chi connectivity index (χ3n) is 5.01. The zero-order valence-electron chi connectivity index (χ0n) is 16.9. The van der Waals surface area contributed by atoms with Crippen LogP contribution in [0, 0.1) is 6.92 Å². The lowest BCUT2D eigenvalue weighted by Gasteiger charge is -2.04. The number of rotatable bonds is 5. The lowest BCUT2D eigenvalue weighted by atomic mass is 10.1. The predicted molar refractivity (Wildman–Crippen MR) is 126 cm³/mol. The van der Waals surface area contributed by atoms with Crippen molar-refractivity contribution in [3.05, 3.63) is 90.1 Å². The van der Waals surface area contributed by atoms with Gasteiger partial charge in [0.15, 0.2) is 0 Å². The first-order valence-corrected chi connectivity index (χ1v) is 10.8. The van der Waals surface area contributed by atoms with Gasteiger partial charge in [-0.25, -0.2) is 9.97 Å². The zero-order chi connectivity index (χ0) is 21.2. The van der Waals surface area contributed by atoms with E-state index in [1.165, 1.54) is 5.56 Å². The van der Waals surface area contributed by atoms with Gasteiger partial charge in [-0.1, -0.05) is 72.3 Å². The summed E-state index contributed by atoms with van der Waals surface area (Å²) in [5.74, 6) is 0.291. The molecule has 0 spiro atoms. The number of aryl methyl sites for hydroxylation is 1. The first kappa shape index (κ1) is 19.2. The van der Waals surface area contributed by atoms with Crippen molar-refractivity contribution < 1.29 is 4.79 Å². The van der Waals surface area contributed by atoms with Crippen molar-refractivity contribution in [3.63, 3.8) is 0 Å². The number of amides is 1. The normalized spacial score (nSPS) is 11.0. The maximum absolute atomic E-state index is 12.8. The van der Waals surface area contributed by atoms with E-state index in [9.17, 15) is 4.79 Å². The number of carbonyl (C=O) groups is 1. The van der Waals surface area contributed by atoms with Gasteiger partial charge in [0.2, 0.25) is 11.9 Å². The number of fused-ring (bicyclic) bond motifs is 1. The van der Waals surface area contributed by atoms with Crippen LogP contribution in [0.25, 0.3) is 32.0 Å². The Balaban J connectivity index is 1.45. The van der Waals surface area contributed by atoms with Gasteiger partial charge in [0, 0.05) is 5.56 Å². The molecular weight excluding hydrogens is 404 g/mol. The van der Waals surface area contributed by atoms with Crippen LogP contribution in [-0.2, 0) is 11.2 Å². The average molecular weight is 425 g/mol. The number of nitrogens with zero attached hydrogens (tertiary/aromatic N) is 2. The quantitative estimate of drug-likeness (QED) is 0.372. The second-order valence-electron chi connectivity index (χ2n) is 7.35. The molecule has 0 aliphatic heterocycles. The molecule has 152 valence electrons. The smallest absolute Gasteiger partial charge is 0.232 e. The molecule has 0 bridgehead atoms. The molecular formula is C25H20N4OS. The van der Waals surface area contributed by atoms with Gasteiger partial charge in [-0.15, -0.1) is 11.3 Å². The van der Waals surface area contributed by atoms with Crippen LogP contribution in [-0.4, -0.2) is 20.9 Å². The maximum atomic E-state index is 12.8. The summed E-state index contributed by atoms with van der Waals surface area (Å²) in [5.41, 5.74) is 5.78. The number of benzene rings is 3. The lowest BCUT2D eigenvalue weighted by molar-refractivity contribution is -0.115. The fraction of sp³-hybridized carbons (Fsp3) is 0.0800. The summed E-state index contributed by atoms with van der Waals surface area (Å²) < 4.78 is 0. The summed E-state index contributed by atoms with van der Waals surface area (Å²) in [6.45, 7) is 2.06. The monoisotopic (exact) mass is 424 g/mol. The Labute approximate surface area is 183 Å². The summed E-state index contributed by atoms with van der Waals surface area (Å²) in [6, 6.07) is 26.1. The summed E-state index contributed by atoms with van der Waals surface area (Å²) in [7, 11) is 0. The average Bonchev–Trinajstić information content (AvgIpc) is 3.38. The van der Waals surface area contributed by atoms with E-state index in [4.69, 9.17) is 4.98 Å². The molecule has 2 aromatic heterocycles. The Kier molecular flexibility index (Phi) is 5.06. The number of nitrogens with one attached hydrogen (secondary N) is 2. The summed E-state index contributed by atoms with van der Waals surface area (Å²) in [6.07, 6.45) is 0.170. The minimum absolute atomic E-state index is 0.155. The van der Waals surface area contributed by atoms with Crippen molar-refractivity contribution in [1.82, 2.24) is 15.0 Å². The standard InChI is InChI=1S/C25H20N4OS/c1-16-11-13-17(14-12-16)23-21(26-24(31-23)18-7-3-2-4-8-18)15-22(30)29-25-27-19-9-5-6-10-20(19)28-25/h2-14H,15H2,1H3,(H2,27,28,29,30). The third-order valence-corrected chi connectivity index (χ3v) is 6.20. The molecule has 0 aliphatic carbocycles. The highest BCUT2D eigenvalue weighted by molar-refractivity contribution is 7.18. The van der Waals surface area contributed by atoms with Crippen LogP contribution in [0.5, 0.6) is 0 Å². The van der Waals surface area contributed by atoms with Crippen molar-refractivity contribution in [2.75, 3.05) is 5.32 Å². The molecule has 2 N–H and O–H groups in total. The van der Waals surface area contributed by atoms with Gasteiger partial charge in [-0.3, -0.25) is 10.1 Å². The summed E-state index contributed by atoms with van der Waals surface area (Å²) >= 11 is 1.61. The van der Waals surface area contributed by atoms with Crippen LogP contribution in [0.15, 0.2) is 78.9 Å². The van der Waals surface area contributed by atoms with Gasteiger partial charge in [-0.05, 0) is 24.6 Å². The van der Waals surface area contributed by atoms with Crippen LogP contribution < -0.4 is 5.32 Å². The molecule has 2 heterocycles. The molecule has 0 unspecified atom stereocenters. The van der Waals surface area contributed by atoms with Crippen molar-refractivity contribution in [3.8, 4) is 21.0 Å². The van der Waals surface area contributed by atoms with Crippen LogP contribution >= 0.6 is 11.3 Å². The second kappa shape index (κ2) is 8.16. The van der Waals surface area contributed by atoms with Crippen molar-refractivity contribution >= 4 is 34.2 Å². The van der Waals surface area contributed by atoms with E-state index in [0.29, 0.717) is 5.95 Å². The number of aromatic nitrogens is 3. The number of carbonyl (C=O) groups excluding carboxylic acids is 1. The molecule has 0 atom stereocenters. The Morgan fingerprint density at radius 2 is 1.65 bits per heavy atom. The minimum Gasteiger partial charge on any atom is -0.324 e. The van der Waals surface area contributed by atoms with E-state index in [2.05, 4.69) is 46.5 Å². The molecule has 5 nitrogen and oxygen atoms in total. The number of hydrogen-bond acceptors (Lipinski definition) is 4. The molecule has 0 radical (unpaired) electrons. The maximum Gasteiger partial charge on any atom is 0.232 e. The zero-order valence-corrected chi connectivity index (χ0v) is 17.7. The Morgan fingerprint density at radius 3 is 2.42 bits per heavy atom. The molecule has 0 saturated heterocycles. The number of thiazole rings is 1. The molecule has 0 saturated carbocycles. The van der Waals surface area contributed by atoms with Crippen molar-refractivity contribution in [2.24, 2.45) is 0 Å². The molecule has 3 aromatic carbocycles. The number of hydrogen-bond donors (Lipinski definition) is 2. The Bertz CT molecular complexity index is 1320. The topological polar surface area (TPSA) is 70.7 Å². The SMILES string of the molecule is Cc1ccc(-c2sc(-c3ccccc3)nc2CC(=O)Nc2nc3ccccc3[nH]2)cc1. The molecule has 5 rings (SSSR count). The van der Waals surface area contributed by atoms with Gasteiger partial charge in [0.25, 0.3) is 0 Å². The van der Waals surface area contributed by atoms with Gasteiger partial charge in [0.1, 0.15) is 5.01 Å². The number of aromatic amines is 1. The van der Waals surface area contributed by atoms with E-state index in [1.807, 2.05) is 54.6 Å². The molecule has 5 aromatic rings. The van der Waals surface area contributed by atoms with E-state index in [1.54, 1.807) is 11.3 Å². The van der Waals surface area contributed by atoms with E-state index in [-0.39, 0.29) is 12.3 Å². The highest BCUT2D eigenvalue weighted by Crippen LogP contribution is 2.36. The van der Waals surface area contributed by atoms with Crippen molar-refractivity contribution in [2.45, 2.75) is 13.3 Å². The van der Waals surface area contributed by atoms with Gasteiger partial charge >= 0.3 is 0 Å². The molecule has 31 heavy (non-hydrogen) atoms. The fourth-order valence-corrected chi connectivity index (χ4v) is 4.54. The summed E-state index contributed by atoms with van der Waals surface area (Å²) in [4.78, 5) is 26.2. The van der Waals surface area contributed by atoms with Gasteiger partial charge in [-0.2, -0.15) is 0 Å². The van der Waals surface area contributed by atoms with E-state index < -0.39 is 0 Å². The minimum atomic E-state index is -0.155. The fourth-order valence-electron chi connectivity index (χ4n) is 3.45. The molecule has 6 heteroatoms. The molecule has 1 amide bonds. The Hall–Kier alpha value is -3.77. The predicted octanol–water partition coefficient (Wildman–Crippen LogP) is 5.84. The van der Waals surface area contributed by atoms with Crippen LogP contribution in [0.1, 0.15) is 11.3 Å². The van der Waals surface area contributed by atoms with Gasteiger partial charge in [0.05, 0.1) is 28.0 Å². The first-order valence-electron chi connectivity index (χ1n) is 10.0. The number of para-hydroxylation sites is 2. The number of imidazole rings is 1. The van der Waals surface area contributed by atoms with Gasteiger partial charge < -0.3 is 4.98 Å². The molecule has 0 fully saturated rings. The second-order valence-corrected chi connectivity index (χ2v) is 8.35. The highest BCUT2D eigenvalue weighted by atomic mass is 32.1. The largest absolute Gasteiger partial charge is 0.324 e. The number of H-pyrrole nitrogens is 1. The Morgan fingerprint density at radius 1 is 0.903 bits per heavy atom. The number of anilines is 1. The lowest BCUT2D eigenvalue weighted by Crippen LogP contribution is -2.16. The first-order chi connectivity index (χ1) is 15.2. The van der Waals surface area contributed by atoms with Crippen LogP contribution in [0.3, 0.4) is 0 Å².